The van der Waals surface area contributed by atoms with Crippen molar-refractivity contribution in [3.8, 4) is 16.9 Å². The summed E-state index contributed by atoms with van der Waals surface area (Å²) in [5, 5.41) is 8.59. The van der Waals surface area contributed by atoms with E-state index < -0.39 is 255 Å². The van der Waals surface area contributed by atoms with Gasteiger partial charge in [0, 0.05) is 71.8 Å². The Bertz CT molecular complexity index is 4070. The van der Waals surface area contributed by atoms with Crippen molar-refractivity contribution in [1.29, 1.82) is 0 Å². The van der Waals surface area contributed by atoms with Crippen LogP contribution in [0.3, 0.4) is 0 Å². The lowest BCUT2D eigenvalue weighted by atomic mass is 9.87. The van der Waals surface area contributed by atoms with Crippen LogP contribution in [-0.4, -0.2) is 209 Å². The number of nitrogens with one attached hydrogen (secondary N) is 2. The Labute approximate surface area is 615 Å². The first kappa shape index (κ1) is 82.5. The van der Waals surface area contributed by atoms with Crippen molar-refractivity contribution in [3.63, 3.8) is 0 Å². The second-order valence-corrected chi connectivity index (χ2v) is 25.1. The summed E-state index contributed by atoms with van der Waals surface area (Å²) in [7, 11) is 0.786. The first-order chi connectivity index (χ1) is 51.7. The Morgan fingerprint density at radius 1 is 0.642 bits per heavy atom. The average molecular weight is 1540 g/mol. The van der Waals surface area contributed by atoms with Gasteiger partial charge in [-0.3, -0.25) is 38.4 Å². The van der Waals surface area contributed by atoms with E-state index in [-0.39, 0.29) is 0 Å². The fraction of sp³-hybridized carbons (Fsp3) is 0.500. The van der Waals surface area contributed by atoms with Gasteiger partial charge in [0.25, 0.3) is 5.79 Å². The Balaban J connectivity index is 1.16. The lowest BCUT2D eigenvalue weighted by Gasteiger charge is -2.53. The molecule has 0 radical (unpaired) electrons. The lowest BCUT2D eigenvalue weighted by Crippen LogP contribution is -2.72. The standard InChI is InChI=1S/C70H74F5N5O29/c1-29(53(64(89)105-59-51(74)49(72)48(71)50(73)52(59)75)78-69(91)96-25-43-41-22-16-14-20-39(41)40-21-15-17-23-42(40)43)97-66-55(79-80-76)60(56-47(103-66)28-95-65(106-56)38-18-12-11-13-19-38)107-67-63(102-37(9)88)62(58(101-36(8)87)46(104-67)27-94-32(4)83)109-70(68(90)92-10)24-44(98-33(5)84)54(77-30(2)81)61(108-70)57(100-35(7)86)45(99-34(6)85)26-93-31(3)82/h11-23,29,43-47,53-58,60-63,65-67H,24-28H2,1-10H3,(H,77,81)(H,78,91)/t29-,44+,45-,46-,47-,53+,54-,55-,56+,57-,58+,60-,61-,62+,63-,65+,66-,67+,70+/m1/s1. The molecule has 4 aromatic carbocycles. The van der Waals surface area contributed by atoms with Crippen molar-refractivity contribution in [2.24, 2.45) is 5.11 Å². The highest BCUT2D eigenvalue weighted by Crippen LogP contribution is 2.47. The monoisotopic (exact) mass is 1540 g/mol. The van der Waals surface area contributed by atoms with Crippen LogP contribution in [0.25, 0.3) is 21.6 Å². The van der Waals surface area contributed by atoms with Gasteiger partial charge in [-0.2, -0.15) is 8.78 Å². The van der Waals surface area contributed by atoms with E-state index >= 15 is 13.6 Å². The van der Waals surface area contributed by atoms with E-state index in [9.17, 15) is 66.6 Å². The number of nitrogens with zero attached hydrogens (tertiary/aromatic N) is 3. The Morgan fingerprint density at radius 2 is 1.23 bits per heavy atom. The van der Waals surface area contributed by atoms with Crippen LogP contribution >= 0.6 is 0 Å². The third-order valence-electron chi connectivity index (χ3n) is 17.4. The molecule has 0 unspecified atom stereocenters. The van der Waals surface area contributed by atoms with Crippen LogP contribution in [0.1, 0.15) is 97.6 Å². The molecule has 4 aromatic rings. The topological polar surface area (TPSA) is 427 Å². The predicted octanol–water partition coefficient (Wildman–Crippen LogP) is 5.56. The molecule has 4 aliphatic heterocycles. The summed E-state index contributed by atoms with van der Waals surface area (Å²) in [5.41, 5.74) is 13.9. The molecule has 2 N–H and O–H groups in total. The van der Waals surface area contributed by atoms with Crippen molar-refractivity contribution in [1.82, 2.24) is 10.6 Å². The largest absolute Gasteiger partial charge is 0.465 e. The molecule has 0 saturated carbocycles. The zero-order valence-electron chi connectivity index (χ0n) is 59.6. The highest BCUT2D eigenvalue weighted by molar-refractivity contribution is 5.84. The van der Waals surface area contributed by atoms with Gasteiger partial charge in [0.15, 0.2) is 49.3 Å². The van der Waals surface area contributed by atoms with Gasteiger partial charge in [0.05, 0.1) is 32.3 Å². The van der Waals surface area contributed by atoms with Gasteiger partial charge in [-0.25, -0.2) is 27.6 Å². The fourth-order valence-electron chi connectivity index (χ4n) is 13.1. The van der Waals surface area contributed by atoms with Gasteiger partial charge in [-0.15, -0.1) is 0 Å². The minimum absolute atomic E-state index is 0.334. The predicted molar refractivity (Wildman–Crippen MR) is 347 cm³/mol. The van der Waals surface area contributed by atoms with Gasteiger partial charge in [0.2, 0.25) is 40.7 Å². The summed E-state index contributed by atoms with van der Waals surface area (Å²) in [6, 6.07) is 15.8. The lowest BCUT2D eigenvalue weighted by molar-refractivity contribution is -0.394. The van der Waals surface area contributed by atoms with Crippen LogP contribution in [0.5, 0.6) is 5.75 Å². The number of fused-ring (bicyclic) bond motifs is 4. The molecule has 4 fully saturated rings. The van der Waals surface area contributed by atoms with Gasteiger partial charge >= 0.3 is 59.8 Å². The van der Waals surface area contributed by atoms with Crippen molar-refractivity contribution in [2.45, 2.75) is 191 Å². The SMILES string of the molecule is COC(=O)[C@@]1(O[C@H]2[C@@H](OC(C)=O)[C@@H](COC(C)=O)O[C@@H](O[C@@H]3[C@@H](N=[N+]=[N-])[C@H](O[C@H](C)[C@H](NC(=O)OCC4c5ccccc5-c5ccccc54)C(=O)Oc4c(F)c(F)c(F)c(F)c4F)O[C@@H]4CO[C@H](c5ccccc5)O[C@H]34)[C@@H]2OC(C)=O)C[C@H](OC(C)=O)[C@@H](NC(C)=O)[C@H]([C@H](OC(C)=O)[C@@H](COC(C)=O)OC(C)=O)O1. The molecule has 0 aromatic heterocycles. The third-order valence-corrected chi connectivity index (χ3v) is 17.4. The number of carbonyl (C=O) groups excluding carboxylic acids is 11. The molecule has 9 rings (SSSR count). The number of ether oxygens (including phenoxy) is 18. The van der Waals surface area contributed by atoms with Gasteiger partial charge in [-0.05, 0) is 34.7 Å². The van der Waals surface area contributed by atoms with Crippen LogP contribution in [0, 0.1) is 29.1 Å². The minimum atomic E-state index is -3.29. The summed E-state index contributed by atoms with van der Waals surface area (Å²) in [5.74, 6) is -31.4. The van der Waals surface area contributed by atoms with E-state index in [4.69, 9.17) is 85.3 Å². The highest BCUT2D eigenvalue weighted by Gasteiger charge is 2.65. The first-order valence-electron chi connectivity index (χ1n) is 33.4. The highest BCUT2D eigenvalue weighted by atomic mass is 19.2. The maximum Gasteiger partial charge on any atom is 0.407 e. The molecule has 34 nitrogen and oxygen atoms in total. The maximum absolute atomic E-state index is 15.4. The second-order valence-electron chi connectivity index (χ2n) is 25.1. The molecule has 39 heteroatoms. The van der Waals surface area contributed by atoms with Gasteiger partial charge in [-0.1, -0.05) is 84.0 Å². The number of alkyl carbamates (subject to hydrolysis) is 1. The number of amides is 2. The molecular formula is C70H74F5N5O29. The molecule has 4 saturated heterocycles. The first-order valence-corrected chi connectivity index (χ1v) is 33.4. The zero-order valence-corrected chi connectivity index (χ0v) is 59.6. The fourth-order valence-corrected chi connectivity index (χ4v) is 13.1. The summed E-state index contributed by atoms with van der Waals surface area (Å²) >= 11 is 0. The van der Waals surface area contributed by atoms with Crippen molar-refractivity contribution in [2.75, 3.05) is 33.5 Å². The number of carbonyl (C=O) groups is 11. The summed E-state index contributed by atoms with van der Waals surface area (Å²) in [6.45, 7) is 5.28. The van der Waals surface area contributed by atoms with Crippen LogP contribution in [0.2, 0.25) is 0 Å². The molecule has 4 heterocycles. The minimum Gasteiger partial charge on any atom is -0.465 e. The number of rotatable bonds is 27. The van der Waals surface area contributed by atoms with E-state index in [1.165, 1.54) is 0 Å². The molecule has 5 aliphatic rings. The van der Waals surface area contributed by atoms with Crippen LogP contribution < -0.4 is 15.4 Å². The third kappa shape index (κ3) is 19.5. The maximum atomic E-state index is 15.4. The number of halogens is 5. The van der Waals surface area contributed by atoms with E-state index in [1.807, 2.05) is 12.1 Å². The summed E-state index contributed by atoms with van der Waals surface area (Å²) < 4.78 is 182. The molecule has 2 amide bonds. The molecule has 1 aliphatic carbocycles. The van der Waals surface area contributed by atoms with Gasteiger partial charge in [0.1, 0.15) is 68.6 Å². The Morgan fingerprint density at radius 3 is 1.80 bits per heavy atom. The van der Waals surface area contributed by atoms with Crippen LogP contribution in [0.15, 0.2) is 84.0 Å². The quantitative estimate of drug-likeness (QED) is 0.00849. The summed E-state index contributed by atoms with van der Waals surface area (Å²) in [6.07, 6.45) is -33.1. The molecule has 109 heavy (non-hydrogen) atoms. The number of hydrogen-bond acceptors (Lipinski definition) is 30. The molecule has 588 valence electrons. The number of benzene rings is 4. The van der Waals surface area contributed by atoms with Crippen LogP contribution in [0.4, 0.5) is 26.7 Å². The molecule has 0 bridgehead atoms. The van der Waals surface area contributed by atoms with E-state index in [2.05, 4.69) is 20.7 Å². The van der Waals surface area contributed by atoms with E-state index in [0.717, 1.165) is 80.6 Å². The van der Waals surface area contributed by atoms with Crippen molar-refractivity contribution < 1.29 is 160 Å². The van der Waals surface area contributed by atoms with Crippen molar-refractivity contribution in [3.05, 3.63) is 135 Å². The normalized spacial score (nSPS) is 26.5. The molecular weight excluding hydrogens is 1470 g/mol. The molecule has 0 spiro atoms. The zero-order chi connectivity index (χ0) is 79.5. The average Bonchev–Trinajstić information content (AvgIpc) is 1.56. The van der Waals surface area contributed by atoms with E-state index in [1.54, 1.807) is 66.7 Å². The number of azide groups is 1. The summed E-state index contributed by atoms with van der Waals surface area (Å²) in [4.78, 5) is 152. The van der Waals surface area contributed by atoms with Crippen LogP contribution in [-0.2, 0) is 128 Å². The second kappa shape index (κ2) is 36.1. The van der Waals surface area contributed by atoms with Gasteiger partial charge < -0.3 is 95.9 Å². The Kier molecular flexibility index (Phi) is 27.4. The van der Waals surface area contributed by atoms with E-state index in [0.29, 0.717) is 16.7 Å². The Hall–Kier alpha value is -10.5. The number of hydrogen-bond donors (Lipinski definition) is 2. The number of esters is 9. The number of methoxy groups -OCH3 is 1. The smallest absolute Gasteiger partial charge is 0.407 e. The molecule has 19 atom stereocenters. The van der Waals surface area contributed by atoms with Crippen molar-refractivity contribution >= 4 is 65.7 Å².